The smallest absolute Gasteiger partial charge is 1.00 e. The molecule has 0 aromatic carbocycles. The number of rotatable bonds is 2. The summed E-state index contributed by atoms with van der Waals surface area (Å²) in [6.45, 7) is 14.1. The first-order valence-electron chi connectivity index (χ1n) is 6.77. The SMILES string of the molecule is C[Si](C)(C)C1=[C-]CC=C1.C[Si](C)(C)C1=[C-]CC=C1.[Cl-].[Cl-].[Zr+2]. The molecule has 0 saturated heterocycles. The van der Waals surface area contributed by atoms with E-state index in [1.807, 2.05) is 0 Å². The van der Waals surface area contributed by atoms with Crippen LogP contribution in [-0.2, 0) is 26.2 Å². The van der Waals surface area contributed by atoms with E-state index in [4.69, 9.17) is 0 Å². The Morgan fingerprint density at radius 1 is 0.714 bits per heavy atom. The van der Waals surface area contributed by atoms with Crippen LogP contribution >= 0.6 is 0 Å². The van der Waals surface area contributed by atoms with Crippen molar-refractivity contribution in [3.63, 3.8) is 0 Å². The predicted molar refractivity (Wildman–Crippen MR) is 87.7 cm³/mol. The molecular weight excluding hydrogens is 410 g/mol. The monoisotopic (exact) mass is 434 g/mol. The van der Waals surface area contributed by atoms with Crippen molar-refractivity contribution in [2.75, 3.05) is 0 Å². The van der Waals surface area contributed by atoms with Crippen LogP contribution in [0.3, 0.4) is 0 Å². The third kappa shape index (κ3) is 10.3. The Hall–Kier alpha value is 0.857. The minimum atomic E-state index is -1.01. The largest absolute Gasteiger partial charge is 2.00 e. The molecule has 0 aliphatic heterocycles. The molecule has 0 N–H and O–H groups in total. The van der Waals surface area contributed by atoms with Gasteiger partial charge in [-0.25, -0.2) is 22.5 Å². The standard InChI is InChI=1S/2C8H13Si.2ClH.Zr/c2*1-9(2,3)8-6-4-5-7-8;;;/h2*4,6H,5H2,1-3H3;2*1H;/q2*-1;;;+2/p-2. The zero-order valence-corrected chi connectivity index (χ0v) is 19.9. The summed E-state index contributed by atoms with van der Waals surface area (Å²) in [5.41, 5.74) is 0. The Kier molecular flexibility index (Phi) is 14.5. The van der Waals surface area contributed by atoms with Crippen LogP contribution in [0.1, 0.15) is 12.8 Å². The van der Waals surface area contributed by atoms with E-state index in [0.29, 0.717) is 0 Å². The first-order chi connectivity index (χ1) is 8.21. The summed E-state index contributed by atoms with van der Waals surface area (Å²) in [5.74, 6) is 0. The van der Waals surface area contributed by atoms with Gasteiger partial charge in [0.25, 0.3) is 0 Å². The predicted octanol–water partition coefficient (Wildman–Crippen LogP) is -0.888. The Balaban J connectivity index is -0.000000270. The van der Waals surface area contributed by atoms with Gasteiger partial charge in [0.05, 0.1) is 0 Å². The Morgan fingerprint density at radius 2 is 1.00 bits per heavy atom. The van der Waals surface area contributed by atoms with E-state index in [1.165, 1.54) is 10.4 Å². The van der Waals surface area contributed by atoms with Gasteiger partial charge in [0.1, 0.15) is 0 Å². The average molecular weight is 437 g/mol. The minimum Gasteiger partial charge on any atom is -1.00 e. The van der Waals surface area contributed by atoms with Crippen LogP contribution < -0.4 is 24.8 Å². The van der Waals surface area contributed by atoms with E-state index in [0.717, 1.165) is 12.8 Å². The van der Waals surface area contributed by atoms with Crippen molar-refractivity contribution in [3.05, 3.63) is 46.8 Å². The minimum absolute atomic E-state index is 0. The molecule has 0 atom stereocenters. The van der Waals surface area contributed by atoms with E-state index in [-0.39, 0.29) is 51.0 Å². The Morgan fingerprint density at radius 3 is 1.10 bits per heavy atom. The third-order valence-electron chi connectivity index (χ3n) is 3.01. The normalized spacial score (nSPS) is 15.7. The number of allylic oxidation sites excluding steroid dienone is 8. The molecule has 0 saturated carbocycles. The third-order valence-corrected chi connectivity index (χ3v) is 6.92. The summed E-state index contributed by atoms with van der Waals surface area (Å²) < 4.78 is 0. The summed E-state index contributed by atoms with van der Waals surface area (Å²) in [6.07, 6.45) is 17.6. The van der Waals surface area contributed by atoms with Crippen molar-refractivity contribution >= 4 is 16.1 Å². The van der Waals surface area contributed by atoms with Crippen molar-refractivity contribution in [2.24, 2.45) is 0 Å². The maximum Gasteiger partial charge on any atom is 2.00 e. The van der Waals surface area contributed by atoms with E-state index in [9.17, 15) is 0 Å². The molecule has 5 heteroatoms. The van der Waals surface area contributed by atoms with Crippen LogP contribution in [-0.4, -0.2) is 16.1 Å². The van der Waals surface area contributed by atoms with E-state index in [2.05, 4.69) is 75.7 Å². The van der Waals surface area contributed by atoms with Crippen molar-refractivity contribution in [1.82, 2.24) is 0 Å². The Labute approximate surface area is 165 Å². The number of hydrogen-bond donors (Lipinski definition) is 0. The fourth-order valence-corrected chi connectivity index (χ4v) is 4.34. The molecular formula is C16H26Cl2Si2Zr-2. The first kappa shape index (κ1) is 26.7. The molecule has 0 bridgehead atoms. The summed E-state index contributed by atoms with van der Waals surface area (Å²) >= 11 is 0. The second-order valence-corrected chi connectivity index (χ2v) is 17.0. The van der Waals surface area contributed by atoms with Gasteiger partial charge in [-0.2, -0.15) is 12.2 Å². The van der Waals surface area contributed by atoms with Crippen LogP contribution in [0.25, 0.3) is 0 Å². The van der Waals surface area contributed by atoms with Gasteiger partial charge in [0.15, 0.2) is 0 Å². The molecule has 0 fully saturated rings. The maximum absolute atomic E-state index is 3.36. The molecule has 0 aromatic rings. The van der Waals surface area contributed by atoms with Gasteiger partial charge in [0, 0.05) is 16.1 Å². The van der Waals surface area contributed by atoms with Crippen LogP contribution in [0.15, 0.2) is 34.7 Å². The zero-order chi connectivity index (χ0) is 13.8. The zero-order valence-electron chi connectivity index (χ0n) is 14.0. The van der Waals surface area contributed by atoms with E-state index < -0.39 is 16.1 Å². The van der Waals surface area contributed by atoms with Crippen molar-refractivity contribution in [3.8, 4) is 0 Å². The van der Waals surface area contributed by atoms with Gasteiger partial charge in [-0.15, -0.1) is 12.8 Å². The van der Waals surface area contributed by atoms with E-state index in [1.54, 1.807) is 0 Å². The summed E-state index contributed by atoms with van der Waals surface area (Å²) in [5, 5.41) is 2.98. The van der Waals surface area contributed by atoms with Gasteiger partial charge < -0.3 is 24.8 Å². The van der Waals surface area contributed by atoms with Crippen LogP contribution in [0.5, 0.6) is 0 Å². The second kappa shape index (κ2) is 11.4. The van der Waals surface area contributed by atoms with Crippen LogP contribution in [0.4, 0.5) is 0 Å². The molecule has 21 heavy (non-hydrogen) atoms. The van der Waals surface area contributed by atoms with Crippen molar-refractivity contribution in [1.29, 1.82) is 0 Å². The molecule has 2 aliphatic rings. The first-order valence-corrected chi connectivity index (χ1v) is 13.8. The molecule has 0 spiro atoms. The topological polar surface area (TPSA) is 0 Å². The molecule has 2 aliphatic carbocycles. The summed E-state index contributed by atoms with van der Waals surface area (Å²) in [7, 11) is -2.01. The van der Waals surface area contributed by atoms with Crippen LogP contribution in [0, 0.1) is 12.2 Å². The van der Waals surface area contributed by atoms with Gasteiger partial charge in [-0.1, -0.05) is 39.3 Å². The summed E-state index contributed by atoms with van der Waals surface area (Å²) in [4.78, 5) is 0. The van der Waals surface area contributed by atoms with Gasteiger partial charge in [0.2, 0.25) is 0 Å². The second-order valence-electron chi connectivity index (χ2n) is 6.89. The van der Waals surface area contributed by atoms with Crippen molar-refractivity contribution < 1.29 is 51.0 Å². The molecule has 0 amide bonds. The maximum atomic E-state index is 3.36. The molecule has 118 valence electrons. The molecule has 0 aromatic heterocycles. The Bertz CT molecular complexity index is 371. The van der Waals surface area contributed by atoms with Gasteiger partial charge >= 0.3 is 26.2 Å². The molecule has 0 radical (unpaired) electrons. The average Bonchev–Trinajstić information content (AvgIpc) is 2.91. The molecule has 0 heterocycles. The summed E-state index contributed by atoms with van der Waals surface area (Å²) in [6, 6.07) is 0. The molecule has 0 nitrogen and oxygen atoms in total. The molecule has 0 unspecified atom stereocenters. The van der Waals surface area contributed by atoms with Gasteiger partial charge in [-0.05, 0) is 0 Å². The van der Waals surface area contributed by atoms with Crippen LogP contribution in [0.2, 0.25) is 39.3 Å². The van der Waals surface area contributed by atoms with Crippen molar-refractivity contribution in [2.45, 2.75) is 52.1 Å². The number of halogens is 2. The fraction of sp³-hybridized carbons (Fsp3) is 0.500. The quantitative estimate of drug-likeness (QED) is 0.389. The fourth-order valence-electron chi connectivity index (χ4n) is 1.84. The number of hydrogen-bond acceptors (Lipinski definition) is 0. The molecule has 2 rings (SSSR count). The van der Waals surface area contributed by atoms with Gasteiger partial charge in [-0.3, -0.25) is 12.2 Å². The van der Waals surface area contributed by atoms with E-state index >= 15 is 0 Å².